The smallest absolute Gasteiger partial charge is 0.223 e. The second-order valence-electron chi connectivity index (χ2n) is 3.62. The fourth-order valence-electron chi connectivity index (χ4n) is 1.65. The third kappa shape index (κ3) is 4.45. The van der Waals surface area contributed by atoms with Crippen LogP contribution in [-0.4, -0.2) is 28.3 Å². The minimum atomic E-state index is 0. The van der Waals surface area contributed by atoms with Gasteiger partial charge in [0, 0.05) is 18.0 Å². The van der Waals surface area contributed by atoms with Gasteiger partial charge in [-0.1, -0.05) is 6.42 Å². The molecule has 0 saturated carbocycles. The number of nitrogens with zero attached hydrogens (tertiary/aromatic N) is 2. The van der Waals surface area contributed by atoms with E-state index in [1.807, 2.05) is 6.07 Å². The van der Waals surface area contributed by atoms with Gasteiger partial charge in [0.2, 0.25) is 5.28 Å². The van der Waals surface area contributed by atoms with Crippen LogP contribution in [0.25, 0.3) is 0 Å². The van der Waals surface area contributed by atoms with Crippen molar-refractivity contribution in [3.63, 3.8) is 0 Å². The molecule has 0 spiro atoms. The van der Waals surface area contributed by atoms with E-state index in [4.69, 9.17) is 11.6 Å². The van der Waals surface area contributed by atoms with Crippen molar-refractivity contribution in [2.75, 3.05) is 12.3 Å². The molecule has 1 aromatic heterocycles. The van der Waals surface area contributed by atoms with Crippen molar-refractivity contribution in [1.82, 2.24) is 15.3 Å². The highest BCUT2D eigenvalue weighted by molar-refractivity contribution is 7.99. The molecule has 1 aromatic rings. The average molecular weight is 280 g/mol. The minimum absolute atomic E-state index is 0. The predicted octanol–water partition coefficient (Wildman–Crippen LogP) is 2.79. The average Bonchev–Trinajstić information content (AvgIpc) is 2.28. The topological polar surface area (TPSA) is 37.8 Å². The molecule has 2 heterocycles. The number of thioether (sulfide) groups is 1. The first kappa shape index (κ1) is 14.0. The quantitative estimate of drug-likeness (QED) is 0.525. The van der Waals surface area contributed by atoms with Gasteiger partial charge in [0.15, 0.2) is 0 Å². The van der Waals surface area contributed by atoms with E-state index in [0.29, 0.717) is 11.3 Å². The molecule has 1 unspecified atom stereocenters. The van der Waals surface area contributed by atoms with E-state index in [1.165, 1.54) is 19.3 Å². The number of rotatable bonds is 3. The van der Waals surface area contributed by atoms with Gasteiger partial charge in [-0.25, -0.2) is 9.97 Å². The van der Waals surface area contributed by atoms with E-state index < -0.39 is 0 Å². The first-order valence-corrected chi connectivity index (χ1v) is 6.56. The lowest BCUT2D eigenvalue weighted by atomic mass is 10.1. The molecular weight excluding hydrogens is 265 g/mol. The fourth-order valence-corrected chi connectivity index (χ4v) is 2.81. The zero-order valence-corrected chi connectivity index (χ0v) is 11.2. The van der Waals surface area contributed by atoms with Crippen LogP contribution in [0.4, 0.5) is 0 Å². The number of piperidine rings is 1. The summed E-state index contributed by atoms with van der Waals surface area (Å²) in [5, 5.41) is 4.80. The van der Waals surface area contributed by atoms with Gasteiger partial charge >= 0.3 is 0 Å². The Hall–Kier alpha value is -0.0300. The Bertz CT molecular complexity index is 319. The van der Waals surface area contributed by atoms with Crippen molar-refractivity contribution in [3.05, 3.63) is 17.5 Å². The third-order valence-electron chi connectivity index (χ3n) is 2.45. The Balaban J connectivity index is 0.00000128. The highest BCUT2D eigenvalue weighted by atomic mass is 35.5. The van der Waals surface area contributed by atoms with Crippen molar-refractivity contribution in [2.45, 2.75) is 30.3 Å². The Morgan fingerprint density at radius 1 is 1.50 bits per heavy atom. The molecule has 90 valence electrons. The molecule has 2 rings (SSSR count). The zero-order valence-electron chi connectivity index (χ0n) is 8.86. The maximum absolute atomic E-state index is 5.72. The van der Waals surface area contributed by atoms with Crippen LogP contribution in [0, 0.1) is 0 Å². The third-order valence-corrected chi connectivity index (χ3v) is 3.72. The lowest BCUT2D eigenvalue weighted by Crippen LogP contribution is -2.35. The molecule has 1 aliphatic rings. The number of halogens is 2. The van der Waals surface area contributed by atoms with E-state index in [-0.39, 0.29) is 12.4 Å². The molecule has 1 fully saturated rings. The van der Waals surface area contributed by atoms with Crippen molar-refractivity contribution < 1.29 is 0 Å². The van der Waals surface area contributed by atoms with Crippen molar-refractivity contribution in [1.29, 1.82) is 0 Å². The van der Waals surface area contributed by atoms with Crippen molar-refractivity contribution in [2.24, 2.45) is 0 Å². The molecule has 0 amide bonds. The summed E-state index contributed by atoms with van der Waals surface area (Å²) in [5.41, 5.74) is 0. The monoisotopic (exact) mass is 279 g/mol. The van der Waals surface area contributed by atoms with Crippen LogP contribution in [0.1, 0.15) is 19.3 Å². The Labute approximate surface area is 111 Å². The van der Waals surface area contributed by atoms with E-state index in [2.05, 4.69) is 15.3 Å². The molecule has 0 radical (unpaired) electrons. The Kier molecular flexibility index (Phi) is 6.43. The number of aromatic nitrogens is 2. The summed E-state index contributed by atoms with van der Waals surface area (Å²) in [7, 11) is 0. The Morgan fingerprint density at radius 3 is 3.06 bits per heavy atom. The van der Waals surface area contributed by atoms with Crippen molar-refractivity contribution in [3.8, 4) is 0 Å². The summed E-state index contributed by atoms with van der Waals surface area (Å²) in [6.45, 7) is 1.15. The lowest BCUT2D eigenvalue weighted by Gasteiger charge is -2.22. The molecule has 0 bridgehead atoms. The predicted molar refractivity (Wildman–Crippen MR) is 70.7 cm³/mol. The molecule has 1 atom stereocenters. The van der Waals surface area contributed by atoms with Crippen LogP contribution in [0.3, 0.4) is 0 Å². The summed E-state index contributed by atoms with van der Waals surface area (Å²) in [5.74, 6) is 1.06. The Morgan fingerprint density at radius 2 is 2.38 bits per heavy atom. The molecule has 1 N–H and O–H groups in total. The highest BCUT2D eigenvalue weighted by Gasteiger charge is 2.12. The molecule has 3 nitrogen and oxygen atoms in total. The summed E-state index contributed by atoms with van der Waals surface area (Å²) < 4.78 is 0. The molecule has 1 aliphatic heterocycles. The second kappa shape index (κ2) is 7.33. The van der Waals surface area contributed by atoms with E-state index in [9.17, 15) is 0 Å². The van der Waals surface area contributed by atoms with Crippen molar-refractivity contribution >= 4 is 35.8 Å². The number of hydrogen-bond donors (Lipinski definition) is 1. The molecular formula is C10H15Cl2N3S. The van der Waals surface area contributed by atoms with Crippen LogP contribution >= 0.6 is 35.8 Å². The summed E-state index contributed by atoms with van der Waals surface area (Å²) >= 11 is 7.46. The lowest BCUT2D eigenvalue weighted by molar-refractivity contribution is 0.430. The minimum Gasteiger partial charge on any atom is -0.313 e. The van der Waals surface area contributed by atoms with E-state index in [1.54, 1.807) is 18.0 Å². The standard InChI is InChI=1S/C10H14ClN3S.ClH/c11-10-13-6-4-9(14-10)15-7-8-3-1-2-5-12-8;/h4,6,8,12H,1-3,5,7H2;1H. The first-order chi connectivity index (χ1) is 7.34. The van der Waals surface area contributed by atoms with Crippen LogP contribution in [0.15, 0.2) is 17.3 Å². The number of hydrogen-bond acceptors (Lipinski definition) is 4. The normalized spacial score (nSPS) is 20.2. The van der Waals surface area contributed by atoms with Gasteiger partial charge < -0.3 is 5.32 Å². The van der Waals surface area contributed by atoms with Gasteiger partial charge in [-0.3, -0.25) is 0 Å². The van der Waals surface area contributed by atoms with E-state index in [0.717, 1.165) is 17.3 Å². The molecule has 0 aliphatic carbocycles. The maximum Gasteiger partial charge on any atom is 0.223 e. The fraction of sp³-hybridized carbons (Fsp3) is 0.600. The van der Waals surface area contributed by atoms with Gasteiger partial charge in [-0.2, -0.15) is 0 Å². The largest absolute Gasteiger partial charge is 0.313 e. The molecule has 16 heavy (non-hydrogen) atoms. The second-order valence-corrected chi connectivity index (χ2v) is 5.00. The van der Waals surface area contributed by atoms with Gasteiger partial charge in [0.25, 0.3) is 0 Å². The summed E-state index contributed by atoms with van der Waals surface area (Å²) in [4.78, 5) is 8.01. The van der Waals surface area contributed by atoms with Crippen LogP contribution < -0.4 is 5.32 Å². The van der Waals surface area contributed by atoms with Crippen LogP contribution in [-0.2, 0) is 0 Å². The molecule has 0 aromatic carbocycles. The van der Waals surface area contributed by atoms with E-state index >= 15 is 0 Å². The van der Waals surface area contributed by atoms with Gasteiger partial charge in [-0.05, 0) is 37.1 Å². The number of nitrogens with one attached hydrogen (secondary N) is 1. The summed E-state index contributed by atoms with van der Waals surface area (Å²) in [6, 6.07) is 2.52. The highest BCUT2D eigenvalue weighted by Crippen LogP contribution is 2.19. The van der Waals surface area contributed by atoms with Crippen LogP contribution in [0.2, 0.25) is 5.28 Å². The molecule has 6 heteroatoms. The van der Waals surface area contributed by atoms with Gasteiger partial charge in [-0.15, -0.1) is 24.2 Å². The maximum atomic E-state index is 5.72. The first-order valence-electron chi connectivity index (χ1n) is 5.19. The van der Waals surface area contributed by atoms with Gasteiger partial charge in [0.1, 0.15) is 5.03 Å². The SMILES string of the molecule is Cl.Clc1nccc(SCC2CCCCN2)n1. The zero-order chi connectivity index (χ0) is 10.5. The van der Waals surface area contributed by atoms with Crippen LogP contribution in [0.5, 0.6) is 0 Å². The summed E-state index contributed by atoms with van der Waals surface area (Å²) in [6.07, 6.45) is 5.61. The van der Waals surface area contributed by atoms with Gasteiger partial charge in [0.05, 0.1) is 0 Å². The molecule has 1 saturated heterocycles.